The molecule has 2 N–H and O–H groups in total. The third-order valence-electron chi connectivity index (χ3n) is 2.83. The summed E-state index contributed by atoms with van der Waals surface area (Å²) in [6.45, 7) is 3.05. The second-order valence-electron chi connectivity index (χ2n) is 4.62. The minimum Gasteiger partial charge on any atom is -0.481 e. The summed E-state index contributed by atoms with van der Waals surface area (Å²) in [5.74, 6) is -1.43. The maximum Gasteiger partial charge on any atom is 0.303 e. The molecule has 0 heterocycles. The highest BCUT2D eigenvalue weighted by Crippen LogP contribution is 2.13. The zero-order chi connectivity index (χ0) is 14.4. The molecule has 0 aliphatic carbocycles. The quantitative estimate of drug-likeness (QED) is 0.829. The van der Waals surface area contributed by atoms with Gasteiger partial charge in [-0.05, 0) is 37.0 Å². The van der Waals surface area contributed by atoms with Gasteiger partial charge >= 0.3 is 5.97 Å². The Bertz CT molecular complexity index is 474. The maximum atomic E-state index is 13.4. The standard InChI is InChI=1S/C14H18FNO3/c1-9-3-4-11(8-13(9)15)7-12(16-10(2)17)5-6-14(18)19/h3-4,8,12H,5-7H2,1-2H3,(H,16,17)(H,18,19). The lowest BCUT2D eigenvalue weighted by Crippen LogP contribution is -2.35. The zero-order valence-electron chi connectivity index (χ0n) is 11.1. The number of benzene rings is 1. The number of aliphatic carboxylic acids is 1. The Hall–Kier alpha value is -1.91. The fourth-order valence-corrected chi connectivity index (χ4v) is 1.86. The third kappa shape index (κ3) is 5.50. The van der Waals surface area contributed by atoms with Crippen molar-refractivity contribution in [1.82, 2.24) is 5.32 Å². The maximum absolute atomic E-state index is 13.4. The second kappa shape index (κ2) is 6.87. The molecule has 1 unspecified atom stereocenters. The van der Waals surface area contributed by atoms with Crippen LogP contribution in [0, 0.1) is 12.7 Å². The first kappa shape index (κ1) is 15.1. The molecule has 0 radical (unpaired) electrons. The summed E-state index contributed by atoms with van der Waals surface area (Å²) in [5.41, 5.74) is 1.30. The molecule has 4 nitrogen and oxygen atoms in total. The minimum absolute atomic E-state index is 0.0285. The van der Waals surface area contributed by atoms with Crippen molar-refractivity contribution in [2.75, 3.05) is 0 Å². The Morgan fingerprint density at radius 2 is 2.11 bits per heavy atom. The highest BCUT2D eigenvalue weighted by Gasteiger charge is 2.13. The molecule has 5 heteroatoms. The number of carbonyl (C=O) groups excluding carboxylic acids is 1. The van der Waals surface area contributed by atoms with Gasteiger partial charge < -0.3 is 10.4 Å². The Morgan fingerprint density at radius 1 is 1.42 bits per heavy atom. The van der Waals surface area contributed by atoms with E-state index in [9.17, 15) is 14.0 Å². The van der Waals surface area contributed by atoms with Crippen LogP contribution in [-0.4, -0.2) is 23.0 Å². The molecule has 0 saturated carbocycles. The van der Waals surface area contributed by atoms with Gasteiger partial charge in [0, 0.05) is 19.4 Å². The number of nitrogens with one attached hydrogen (secondary N) is 1. The van der Waals surface area contributed by atoms with Gasteiger partial charge in [-0.1, -0.05) is 12.1 Å². The molecule has 1 amide bonds. The lowest BCUT2D eigenvalue weighted by molar-refractivity contribution is -0.137. The van der Waals surface area contributed by atoms with Crippen molar-refractivity contribution in [3.63, 3.8) is 0 Å². The van der Waals surface area contributed by atoms with Gasteiger partial charge in [0.2, 0.25) is 5.91 Å². The third-order valence-corrected chi connectivity index (χ3v) is 2.83. The van der Waals surface area contributed by atoms with Crippen molar-refractivity contribution >= 4 is 11.9 Å². The summed E-state index contributed by atoms with van der Waals surface area (Å²) < 4.78 is 13.4. The van der Waals surface area contributed by atoms with E-state index in [0.29, 0.717) is 18.4 Å². The highest BCUT2D eigenvalue weighted by molar-refractivity contribution is 5.73. The summed E-state index contributed by atoms with van der Waals surface area (Å²) in [4.78, 5) is 21.6. The molecule has 0 bridgehead atoms. The Morgan fingerprint density at radius 3 is 2.63 bits per heavy atom. The molecular formula is C14H18FNO3. The molecule has 1 aromatic rings. The van der Waals surface area contributed by atoms with Crippen molar-refractivity contribution < 1.29 is 19.1 Å². The lowest BCUT2D eigenvalue weighted by atomic mass is 10.0. The van der Waals surface area contributed by atoms with E-state index in [0.717, 1.165) is 5.56 Å². The van der Waals surface area contributed by atoms with Crippen LogP contribution in [0.4, 0.5) is 4.39 Å². The van der Waals surface area contributed by atoms with E-state index in [2.05, 4.69) is 5.32 Å². The molecule has 104 valence electrons. The number of carboxylic acids is 1. The van der Waals surface area contributed by atoms with E-state index >= 15 is 0 Å². The summed E-state index contributed by atoms with van der Waals surface area (Å²) in [7, 11) is 0. The molecule has 0 saturated heterocycles. The highest BCUT2D eigenvalue weighted by atomic mass is 19.1. The van der Waals surface area contributed by atoms with Crippen LogP contribution < -0.4 is 5.32 Å². The molecule has 1 atom stereocenters. The van der Waals surface area contributed by atoms with Crippen LogP contribution in [0.2, 0.25) is 0 Å². The summed E-state index contributed by atoms with van der Waals surface area (Å²) >= 11 is 0. The first-order valence-electron chi connectivity index (χ1n) is 6.12. The van der Waals surface area contributed by atoms with Gasteiger partial charge in [-0.3, -0.25) is 9.59 Å². The van der Waals surface area contributed by atoms with E-state index in [4.69, 9.17) is 5.11 Å². The van der Waals surface area contributed by atoms with Crippen LogP contribution in [0.3, 0.4) is 0 Å². The van der Waals surface area contributed by atoms with Crippen molar-refractivity contribution in [2.45, 2.75) is 39.2 Å². The van der Waals surface area contributed by atoms with Crippen LogP contribution in [0.25, 0.3) is 0 Å². The predicted octanol–water partition coefficient (Wildman–Crippen LogP) is 2.05. The zero-order valence-corrected chi connectivity index (χ0v) is 11.1. The van der Waals surface area contributed by atoms with E-state index in [-0.39, 0.29) is 24.2 Å². The molecule has 0 spiro atoms. The molecule has 19 heavy (non-hydrogen) atoms. The van der Waals surface area contributed by atoms with Gasteiger partial charge in [-0.25, -0.2) is 4.39 Å². The van der Waals surface area contributed by atoms with Crippen molar-refractivity contribution in [2.24, 2.45) is 0 Å². The summed E-state index contributed by atoms with van der Waals surface area (Å²) in [6.07, 6.45) is 0.716. The number of halogens is 1. The van der Waals surface area contributed by atoms with E-state index in [1.54, 1.807) is 19.1 Å². The SMILES string of the molecule is CC(=O)NC(CCC(=O)O)Cc1ccc(C)c(F)c1. The monoisotopic (exact) mass is 267 g/mol. The number of carbonyl (C=O) groups is 2. The van der Waals surface area contributed by atoms with Crippen molar-refractivity contribution in [3.8, 4) is 0 Å². The second-order valence-corrected chi connectivity index (χ2v) is 4.62. The number of hydrogen-bond donors (Lipinski definition) is 2. The Labute approximate surface area is 111 Å². The van der Waals surface area contributed by atoms with Gasteiger partial charge in [0.25, 0.3) is 0 Å². The van der Waals surface area contributed by atoms with Gasteiger partial charge in [0.1, 0.15) is 5.82 Å². The fraction of sp³-hybridized carbons (Fsp3) is 0.429. The summed E-state index contributed by atoms with van der Waals surface area (Å²) in [5, 5.41) is 11.4. The normalized spacial score (nSPS) is 11.9. The first-order chi connectivity index (χ1) is 8.88. The predicted molar refractivity (Wildman–Crippen MR) is 69.3 cm³/mol. The fourth-order valence-electron chi connectivity index (χ4n) is 1.86. The molecular weight excluding hydrogens is 249 g/mol. The Kier molecular flexibility index (Phi) is 5.48. The smallest absolute Gasteiger partial charge is 0.303 e. The van der Waals surface area contributed by atoms with E-state index < -0.39 is 5.97 Å². The van der Waals surface area contributed by atoms with Gasteiger partial charge in [-0.2, -0.15) is 0 Å². The minimum atomic E-state index is -0.912. The summed E-state index contributed by atoms with van der Waals surface area (Å²) in [6, 6.07) is 4.58. The van der Waals surface area contributed by atoms with Crippen LogP contribution in [0.15, 0.2) is 18.2 Å². The van der Waals surface area contributed by atoms with Crippen LogP contribution in [-0.2, 0) is 16.0 Å². The molecule has 1 rings (SSSR count). The number of aryl methyl sites for hydroxylation is 1. The van der Waals surface area contributed by atoms with E-state index in [1.165, 1.54) is 13.0 Å². The largest absolute Gasteiger partial charge is 0.481 e. The average molecular weight is 267 g/mol. The van der Waals surface area contributed by atoms with E-state index in [1.807, 2.05) is 0 Å². The molecule has 0 fully saturated rings. The number of hydrogen-bond acceptors (Lipinski definition) is 2. The Balaban J connectivity index is 2.71. The molecule has 0 aliphatic rings. The number of rotatable bonds is 6. The number of amides is 1. The molecule has 1 aromatic carbocycles. The van der Waals surface area contributed by atoms with Gasteiger partial charge in [-0.15, -0.1) is 0 Å². The topological polar surface area (TPSA) is 66.4 Å². The van der Waals surface area contributed by atoms with Crippen LogP contribution >= 0.6 is 0 Å². The van der Waals surface area contributed by atoms with Gasteiger partial charge in [0.05, 0.1) is 0 Å². The first-order valence-corrected chi connectivity index (χ1v) is 6.12. The van der Waals surface area contributed by atoms with Crippen LogP contribution in [0.1, 0.15) is 30.9 Å². The molecule has 0 aliphatic heterocycles. The van der Waals surface area contributed by atoms with Crippen LogP contribution in [0.5, 0.6) is 0 Å². The van der Waals surface area contributed by atoms with Crippen molar-refractivity contribution in [1.29, 1.82) is 0 Å². The number of carboxylic acid groups (broad SMARTS) is 1. The lowest BCUT2D eigenvalue weighted by Gasteiger charge is -2.17. The average Bonchev–Trinajstić information content (AvgIpc) is 2.30. The molecule has 0 aromatic heterocycles. The van der Waals surface area contributed by atoms with Gasteiger partial charge in [0.15, 0.2) is 0 Å². The van der Waals surface area contributed by atoms with Crippen molar-refractivity contribution in [3.05, 3.63) is 35.1 Å².